The number of hydrogen-bond acceptors (Lipinski definition) is 2. The highest BCUT2D eigenvalue weighted by molar-refractivity contribution is 5.92. The van der Waals surface area contributed by atoms with E-state index in [2.05, 4.69) is 17.2 Å². The first kappa shape index (κ1) is 13.7. The first-order chi connectivity index (χ1) is 8.54. The van der Waals surface area contributed by atoms with Crippen molar-refractivity contribution in [2.45, 2.75) is 12.5 Å². The highest BCUT2D eigenvalue weighted by Gasteiger charge is 2.18. The second-order valence-electron chi connectivity index (χ2n) is 3.49. The molecule has 1 aromatic carbocycles. The SMILES string of the molecule is C=CCC(NC(=O)Nc1ccccc1F)C(=O)O. The number of rotatable bonds is 5. The Hall–Kier alpha value is -2.37. The maximum absolute atomic E-state index is 13.2. The Bertz CT molecular complexity index is 462. The second kappa shape index (κ2) is 6.39. The molecule has 3 N–H and O–H groups in total. The first-order valence-electron chi connectivity index (χ1n) is 5.20. The normalized spacial score (nSPS) is 11.4. The average Bonchev–Trinajstić information content (AvgIpc) is 2.31. The van der Waals surface area contributed by atoms with E-state index in [1.807, 2.05) is 0 Å². The smallest absolute Gasteiger partial charge is 0.326 e. The van der Waals surface area contributed by atoms with Crippen LogP contribution in [0.1, 0.15) is 6.42 Å². The van der Waals surface area contributed by atoms with E-state index in [0.717, 1.165) is 0 Å². The van der Waals surface area contributed by atoms with Crippen molar-refractivity contribution in [1.82, 2.24) is 5.32 Å². The van der Waals surface area contributed by atoms with E-state index in [4.69, 9.17) is 5.11 Å². The van der Waals surface area contributed by atoms with Crippen LogP contribution in [0.15, 0.2) is 36.9 Å². The van der Waals surface area contributed by atoms with Gasteiger partial charge in [0.1, 0.15) is 11.9 Å². The molecule has 1 unspecified atom stereocenters. The number of benzene rings is 1. The van der Waals surface area contributed by atoms with Crippen molar-refractivity contribution in [2.24, 2.45) is 0 Å². The predicted octanol–water partition coefficient (Wildman–Crippen LogP) is 1.98. The Morgan fingerprint density at radius 2 is 2.11 bits per heavy atom. The minimum absolute atomic E-state index is 0.0160. The Morgan fingerprint density at radius 3 is 2.67 bits per heavy atom. The number of amides is 2. The molecule has 6 heteroatoms. The highest BCUT2D eigenvalue weighted by atomic mass is 19.1. The quantitative estimate of drug-likeness (QED) is 0.701. The van der Waals surface area contributed by atoms with Crippen molar-refractivity contribution in [3.8, 4) is 0 Å². The number of carboxylic acids is 1. The number of para-hydroxylation sites is 1. The van der Waals surface area contributed by atoms with Crippen molar-refractivity contribution < 1.29 is 19.1 Å². The van der Waals surface area contributed by atoms with Gasteiger partial charge in [0.15, 0.2) is 0 Å². The molecule has 0 aliphatic carbocycles. The molecule has 5 nitrogen and oxygen atoms in total. The van der Waals surface area contributed by atoms with Gasteiger partial charge in [0.2, 0.25) is 0 Å². The fraction of sp³-hybridized carbons (Fsp3) is 0.167. The van der Waals surface area contributed by atoms with Gasteiger partial charge in [-0.05, 0) is 18.6 Å². The van der Waals surface area contributed by atoms with Gasteiger partial charge in [-0.1, -0.05) is 18.2 Å². The standard InChI is InChI=1S/C12H13FN2O3/c1-2-5-10(11(16)17)15-12(18)14-9-7-4-3-6-8(9)13/h2-4,6-7,10H,1,5H2,(H,16,17)(H2,14,15,18). The van der Waals surface area contributed by atoms with Gasteiger partial charge >= 0.3 is 12.0 Å². The minimum atomic E-state index is -1.18. The highest BCUT2D eigenvalue weighted by Crippen LogP contribution is 2.12. The van der Waals surface area contributed by atoms with Gasteiger partial charge < -0.3 is 15.7 Å². The molecule has 0 saturated carbocycles. The molecule has 18 heavy (non-hydrogen) atoms. The Morgan fingerprint density at radius 1 is 1.44 bits per heavy atom. The molecular formula is C12H13FN2O3. The summed E-state index contributed by atoms with van der Waals surface area (Å²) in [7, 11) is 0. The van der Waals surface area contributed by atoms with Crippen molar-refractivity contribution >= 4 is 17.7 Å². The summed E-state index contributed by atoms with van der Waals surface area (Å²) in [6, 6.07) is 3.73. The van der Waals surface area contributed by atoms with Crippen LogP contribution in [0.3, 0.4) is 0 Å². The molecule has 0 bridgehead atoms. The summed E-state index contributed by atoms with van der Waals surface area (Å²) in [6.45, 7) is 3.39. The number of aliphatic carboxylic acids is 1. The van der Waals surface area contributed by atoms with Gasteiger partial charge in [0.05, 0.1) is 5.69 Å². The molecule has 96 valence electrons. The van der Waals surface area contributed by atoms with Crippen LogP contribution in [0.25, 0.3) is 0 Å². The summed E-state index contributed by atoms with van der Waals surface area (Å²) < 4.78 is 13.2. The third-order valence-corrected chi connectivity index (χ3v) is 2.13. The molecule has 0 spiro atoms. The van der Waals surface area contributed by atoms with Crippen LogP contribution in [0.5, 0.6) is 0 Å². The molecule has 0 aliphatic rings. The maximum Gasteiger partial charge on any atom is 0.326 e. The van der Waals surface area contributed by atoms with Crippen LogP contribution in [0, 0.1) is 5.82 Å². The van der Waals surface area contributed by atoms with Gasteiger partial charge in [-0.3, -0.25) is 0 Å². The fourth-order valence-corrected chi connectivity index (χ4v) is 1.27. The predicted molar refractivity (Wildman–Crippen MR) is 64.8 cm³/mol. The number of carbonyl (C=O) groups excluding carboxylic acids is 1. The van der Waals surface area contributed by atoms with Crippen molar-refractivity contribution in [1.29, 1.82) is 0 Å². The molecule has 0 radical (unpaired) electrons. The maximum atomic E-state index is 13.2. The van der Waals surface area contributed by atoms with Crippen LogP contribution < -0.4 is 10.6 Å². The lowest BCUT2D eigenvalue weighted by atomic mass is 10.2. The summed E-state index contributed by atoms with van der Waals surface area (Å²) in [5, 5.41) is 13.2. The average molecular weight is 252 g/mol. The fourth-order valence-electron chi connectivity index (χ4n) is 1.27. The van der Waals surface area contributed by atoms with Crippen LogP contribution in [-0.2, 0) is 4.79 Å². The van der Waals surface area contributed by atoms with Crippen LogP contribution >= 0.6 is 0 Å². The molecule has 0 aliphatic heterocycles. The second-order valence-corrected chi connectivity index (χ2v) is 3.49. The third-order valence-electron chi connectivity index (χ3n) is 2.13. The summed E-state index contributed by atoms with van der Waals surface area (Å²) >= 11 is 0. The van der Waals surface area contributed by atoms with E-state index < -0.39 is 23.9 Å². The number of urea groups is 1. The van der Waals surface area contributed by atoms with Crippen LogP contribution in [0.2, 0.25) is 0 Å². The van der Waals surface area contributed by atoms with E-state index in [9.17, 15) is 14.0 Å². The summed E-state index contributed by atoms with van der Waals surface area (Å²) in [6.07, 6.45) is 1.46. The van der Waals surface area contributed by atoms with Crippen molar-refractivity contribution in [3.05, 3.63) is 42.7 Å². The van der Waals surface area contributed by atoms with E-state index in [1.165, 1.54) is 24.3 Å². The zero-order valence-corrected chi connectivity index (χ0v) is 9.52. The monoisotopic (exact) mass is 252 g/mol. The van der Waals surface area contributed by atoms with Gasteiger partial charge in [-0.2, -0.15) is 0 Å². The minimum Gasteiger partial charge on any atom is -0.480 e. The molecule has 0 aromatic heterocycles. The number of anilines is 1. The molecule has 1 atom stereocenters. The zero-order valence-electron chi connectivity index (χ0n) is 9.52. The van der Waals surface area contributed by atoms with Crippen molar-refractivity contribution in [2.75, 3.05) is 5.32 Å². The third kappa shape index (κ3) is 3.89. The molecule has 1 aromatic rings. The van der Waals surface area contributed by atoms with E-state index in [-0.39, 0.29) is 12.1 Å². The first-order valence-corrected chi connectivity index (χ1v) is 5.20. The van der Waals surface area contributed by atoms with E-state index in [0.29, 0.717) is 0 Å². The van der Waals surface area contributed by atoms with Gasteiger partial charge in [0, 0.05) is 0 Å². The Balaban J connectivity index is 2.63. The summed E-state index contributed by atoms with van der Waals surface area (Å²) in [4.78, 5) is 22.2. The lowest BCUT2D eigenvalue weighted by Crippen LogP contribution is -2.42. The summed E-state index contributed by atoms with van der Waals surface area (Å²) in [5.74, 6) is -1.78. The van der Waals surface area contributed by atoms with Crippen LogP contribution in [-0.4, -0.2) is 23.1 Å². The number of halogens is 1. The Kier molecular flexibility index (Phi) is 4.86. The number of carboxylic acid groups (broad SMARTS) is 1. The topological polar surface area (TPSA) is 78.4 Å². The number of carbonyl (C=O) groups is 2. The molecular weight excluding hydrogens is 239 g/mol. The largest absolute Gasteiger partial charge is 0.480 e. The number of nitrogens with one attached hydrogen (secondary N) is 2. The van der Waals surface area contributed by atoms with E-state index >= 15 is 0 Å². The lowest BCUT2D eigenvalue weighted by molar-refractivity contribution is -0.139. The molecule has 1 rings (SSSR count). The molecule has 0 saturated heterocycles. The van der Waals surface area contributed by atoms with Gasteiger partial charge in [0.25, 0.3) is 0 Å². The Labute approximate surface area is 103 Å². The number of hydrogen-bond donors (Lipinski definition) is 3. The van der Waals surface area contributed by atoms with Gasteiger partial charge in [-0.25, -0.2) is 14.0 Å². The molecule has 0 heterocycles. The molecule has 0 fully saturated rings. The zero-order chi connectivity index (χ0) is 13.5. The van der Waals surface area contributed by atoms with E-state index in [1.54, 1.807) is 6.07 Å². The van der Waals surface area contributed by atoms with Gasteiger partial charge in [-0.15, -0.1) is 6.58 Å². The lowest BCUT2D eigenvalue weighted by Gasteiger charge is -2.13. The summed E-state index contributed by atoms with van der Waals surface area (Å²) in [5.41, 5.74) is -0.0160. The molecule has 2 amide bonds. The van der Waals surface area contributed by atoms with Crippen LogP contribution in [0.4, 0.5) is 14.9 Å². The van der Waals surface area contributed by atoms with Crippen molar-refractivity contribution in [3.63, 3.8) is 0 Å².